The number of aromatic nitrogens is 1. The molecule has 0 unspecified atom stereocenters. The number of aromatic amines is 1. The Bertz CT molecular complexity index is 479. The van der Waals surface area contributed by atoms with Crippen molar-refractivity contribution in [3.05, 3.63) is 40.6 Å². The molecule has 1 aromatic heterocycles. The molecule has 1 heterocycles. The van der Waals surface area contributed by atoms with Crippen LogP contribution in [0.3, 0.4) is 0 Å². The van der Waals surface area contributed by atoms with E-state index < -0.39 is 0 Å². The van der Waals surface area contributed by atoms with Crippen LogP contribution in [0, 0.1) is 6.92 Å². The van der Waals surface area contributed by atoms with E-state index >= 15 is 0 Å². The third-order valence-corrected chi connectivity index (χ3v) is 2.85. The van der Waals surface area contributed by atoms with Gasteiger partial charge in [-0.1, -0.05) is 0 Å². The highest BCUT2D eigenvalue weighted by Crippen LogP contribution is 2.28. The number of phenolic OH excluding ortho intramolecular Hbond substituents is 1. The van der Waals surface area contributed by atoms with Crippen molar-refractivity contribution in [3.63, 3.8) is 0 Å². The van der Waals surface area contributed by atoms with Gasteiger partial charge in [-0.05, 0) is 41.1 Å². The Kier molecular flexibility index (Phi) is 2.68. The van der Waals surface area contributed by atoms with Crippen molar-refractivity contribution >= 4 is 27.3 Å². The summed E-state index contributed by atoms with van der Waals surface area (Å²) in [5, 5.41) is 12.7. The first-order chi connectivity index (χ1) is 7.16. The molecule has 0 bridgehead atoms. The van der Waals surface area contributed by atoms with Gasteiger partial charge in [0.25, 0.3) is 0 Å². The van der Waals surface area contributed by atoms with E-state index in [-0.39, 0.29) is 5.75 Å². The maximum absolute atomic E-state index is 9.50. The van der Waals surface area contributed by atoms with Gasteiger partial charge in [-0.25, -0.2) is 0 Å². The molecule has 15 heavy (non-hydrogen) atoms. The van der Waals surface area contributed by atoms with Gasteiger partial charge in [0.15, 0.2) is 0 Å². The number of nitrogens with one attached hydrogen (secondary N) is 2. The topological polar surface area (TPSA) is 48.0 Å². The maximum atomic E-state index is 9.50. The average molecular weight is 267 g/mol. The van der Waals surface area contributed by atoms with Gasteiger partial charge in [0.05, 0.1) is 10.2 Å². The minimum absolute atomic E-state index is 0.230. The number of phenols is 1. The van der Waals surface area contributed by atoms with Gasteiger partial charge in [-0.3, -0.25) is 0 Å². The van der Waals surface area contributed by atoms with Gasteiger partial charge in [-0.2, -0.15) is 0 Å². The lowest BCUT2D eigenvalue weighted by atomic mass is 10.3. The first-order valence-corrected chi connectivity index (χ1v) is 5.35. The number of hydrogen-bond donors (Lipinski definition) is 3. The zero-order valence-electron chi connectivity index (χ0n) is 8.21. The van der Waals surface area contributed by atoms with Gasteiger partial charge in [0.2, 0.25) is 0 Å². The van der Waals surface area contributed by atoms with Crippen LogP contribution in [-0.4, -0.2) is 10.1 Å². The Morgan fingerprint density at radius 1 is 1.33 bits per heavy atom. The number of anilines is 2. The van der Waals surface area contributed by atoms with E-state index in [4.69, 9.17) is 0 Å². The lowest BCUT2D eigenvalue weighted by molar-refractivity contribution is 0.472. The number of hydrogen-bond acceptors (Lipinski definition) is 2. The van der Waals surface area contributed by atoms with Crippen molar-refractivity contribution in [1.82, 2.24) is 4.98 Å². The van der Waals surface area contributed by atoms with Crippen molar-refractivity contribution in [2.24, 2.45) is 0 Å². The Morgan fingerprint density at radius 2 is 2.13 bits per heavy atom. The summed E-state index contributed by atoms with van der Waals surface area (Å²) in [5.74, 6) is 0.230. The van der Waals surface area contributed by atoms with E-state index in [0.29, 0.717) is 4.47 Å². The SMILES string of the molecule is Cc1[nH]ccc1Nc1ccc(Br)c(O)c1. The Labute approximate surface area is 96.3 Å². The molecule has 0 fully saturated rings. The fraction of sp³-hybridized carbons (Fsp3) is 0.0909. The van der Waals surface area contributed by atoms with Gasteiger partial charge < -0.3 is 15.4 Å². The maximum Gasteiger partial charge on any atom is 0.131 e. The largest absolute Gasteiger partial charge is 0.507 e. The average Bonchev–Trinajstić information content (AvgIpc) is 2.59. The van der Waals surface area contributed by atoms with Crippen LogP contribution in [-0.2, 0) is 0 Å². The van der Waals surface area contributed by atoms with E-state index in [9.17, 15) is 5.11 Å². The van der Waals surface area contributed by atoms with Crippen LogP contribution in [0.1, 0.15) is 5.69 Å². The van der Waals surface area contributed by atoms with E-state index in [1.54, 1.807) is 12.1 Å². The summed E-state index contributed by atoms with van der Waals surface area (Å²) in [6, 6.07) is 7.33. The number of rotatable bonds is 2. The summed E-state index contributed by atoms with van der Waals surface area (Å²) in [4.78, 5) is 3.08. The molecule has 0 aliphatic heterocycles. The summed E-state index contributed by atoms with van der Waals surface area (Å²) in [5.41, 5.74) is 2.94. The van der Waals surface area contributed by atoms with E-state index in [1.165, 1.54) is 0 Å². The van der Waals surface area contributed by atoms with Crippen LogP contribution in [0.2, 0.25) is 0 Å². The number of benzene rings is 1. The fourth-order valence-electron chi connectivity index (χ4n) is 1.33. The Hall–Kier alpha value is -1.42. The summed E-state index contributed by atoms with van der Waals surface area (Å²) in [6.45, 7) is 1.99. The van der Waals surface area contributed by atoms with Gasteiger partial charge >= 0.3 is 0 Å². The molecule has 0 saturated carbocycles. The number of aromatic hydroxyl groups is 1. The molecule has 0 spiro atoms. The second-order valence-corrected chi connectivity index (χ2v) is 4.16. The quantitative estimate of drug-likeness (QED) is 0.779. The van der Waals surface area contributed by atoms with Crippen LogP contribution in [0.5, 0.6) is 5.75 Å². The van der Waals surface area contributed by atoms with Crippen LogP contribution >= 0.6 is 15.9 Å². The molecule has 0 aliphatic carbocycles. The lowest BCUT2D eigenvalue weighted by Crippen LogP contribution is -1.90. The highest BCUT2D eigenvalue weighted by Gasteiger charge is 2.02. The molecule has 3 N–H and O–H groups in total. The minimum Gasteiger partial charge on any atom is -0.507 e. The highest BCUT2D eigenvalue weighted by atomic mass is 79.9. The molecule has 4 heteroatoms. The van der Waals surface area contributed by atoms with Crippen LogP contribution < -0.4 is 5.32 Å². The Balaban J connectivity index is 2.25. The van der Waals surface area contributed by atoms with Gasteiger partial charge in [0, 0.05) is 23.6 Å². The molecule has 0 atom stereocenters. The standard InChI is InChI=1S/C11H11BrN2O/c1-7-10(4-5-13-7)14-8-2-3-9(12)11(15)6-8/h2-6,13-15H,1H3. The second-order valence-electron chi connectivity index (χ2n) is 3.31. The lowest BCUT2D eigenvalue weighted by Gasteiger charge is -2.06. The van der Waals surface area contributed by atoms with Gasteiger partial charge in [-0.15, -0.1) is 0 Å². The minimum atomic E-state index is 0.230. The first kappa shape index (κ1) is 10.1. The summed E-state index contributed by atoms with van der Waals surface area (Å²) in [7, 11) is 0. The van der Waals surface area contributed by atoms with Crippen molar-refractivity contribution in [2.75, 3.05) is 5.32 Å². The molecule has 0 aliphatic rings. The summed E-state index contributed by atoms with van der Waals surface area (Å²) in [6.07, 6.45) is 1.87. The number of H-pyrrole nitrogens is 1. The van der Waals surface area contributed by atoms with Crippen LogP contribution in [0.25, 0.3) is 0 Å². The molecule has 0 saturated heterocycles. The van der Waals surface area contributed by atoms with Crippen LogP contribution in [0.4, 0.5) is 11.4 Å². The molecular weight excluding hydrogens is 256 g/mol. The van der Waals surface area contributed by atoms with E-state index in [2.05, 4.69) is 26.2 Å². The molecule has 2 aromatic rings. The van der Waals surface area contributed by atoms with E-state index in [1.807, 2.05) is 25.3 Å². The van der Waals surface area contributed by atoms with Crippen molar-refractivity contribution in [1.29, 1.82) is 0 Å². The van der Waals surface area contributed by atoms with Crippen molar-refractivity contribution in [2.45, 2.75) is 6.92 Å². The molecule has 1 aromatic carbocycles. The molecular formula is C11H11BrN2O. The fourth-order valence-corrected chi connectivity index (χ4v) is 1.58. The predicted molar refractivity (Wildman–Crippen MR) is 64.6 cm³/mol. The zero-order valence-corrected chi connectivity index (χ0v) is 9.80. The van der Waals surface area contributed by atoms with E-state index in [0.717, 1.165) is 17.1 Å². The monoisotopic (exact) mass is 266 g/mol. The molecule has 78 valence electrons. The van der Waals surface area contributed by atoms with Crippen molar-refractivity contribution < 1.29 is 5.11 Å². The number of aryl methyl sites for hydroxylation is 1. The molecule has 0 radical (unpaired) electrons. The molecule has 3 nitrogen and oxygen atoms in total. The number of halogens is 1. The van der Waals surface area contributed by atoms with Crippen LogP contribution in [0.15, 0.2) is 34.9 Å². The molecule has 2 rings (SSSR count). The third kappa shape index (κ3) is 2.15. The Morgan fingerprint density at radius 3 is 2.73 bits per heavy atom. The first-order valence-electron chi connectivity index (χ1n) is 4.56. The second kappa shape index (κ2) is 3.98. The summed E-state index contributed by atoms with van der Waals surface area (Å²) < 4.78 is 0.693. The van der Waals surface area contributed by atoms with Crippen molar-refractivity contribution in [3.8, 4) is 5.75 Å². The van der Waals surface area contributed by atoms with Gasteiger partial charge in [0.1, 0.15) is 5.75 Å². The zero-order chi connectivity index (χ0) is 10.8. The third-order valence-electron chi connectivity index (χ3n) is 2.18. The molecule has 0 amide bonds. The smallest absolute Gasteiger partial charge is 0.131 e. The highest BCUT2D eigenvalue weighted by molar-refractivity contribution is 9.10. The summed E-state index contributed by atoms with van der Waals surface area (Å²) >= 11 is 3.24. The normalized spacial score (nSPS) is 10.3. The predicted octanol–water partition coefficient (Wildman–Crippen LogP) is 3.53.